The van der Waals surface area contributed by atoms with Gasteiger partial charge in [-0.3, -0.25) is 19.5 Å². The molecule has 0 radical (unpaired) electrons. The molecular formula is C19H25N5O3. The summed E-state index contributed by atoms with van der Waals surface area (Å²) in [5.41, 5.74) is 1.30. The molecule has 3 rings (SSSR count). The maximum absolute atomic E-state index is 12.8. The Bertz CT molecular complexity index is 755. The van der Waals surface area contributed by atoms with E-state index < -0.39 is 5.97 Å². The first-order valence-electron chi connectivity index (χ1n) is 9.23. The summed E-state index contributed by atoms with van der Waals surface area (Å²) in [7, 11) is 0. The second-order valence-electron chi connectivity index (χ2n) is 6.94. The monoisotopic (exact) mass is 371 g/mol. The number of likely N-dealkylation sites (tertiary alicyclic amines) is 2. The molecule has 2 aliphatic rings. The summed E-state index contributed by atoms with van der Waals surface area (Å²) in [6.45, 7) is 3.82. The van der Waals surface area contributed by atoms with Crippen molar-refractivity contribution in [2.75, 3.05) is 26.2 Å². The second kappa shape index (κ2) is 8.77. The van der Waals surface area contributed by atoms with Gasteiger partial charge in [-0.05, 0) is 50.6 Å². The van der Waals surface area contributed by atoms with Gasteiger partial charge in [-0.1, -0.05) is 6.07 Å². The van der Waals surface area contributed by atoms with Crippen LogP contribution in [0.15, 0.2) is 34.4 Å². The highest BCUT2D eigenvalue weighted by atomic mass is 16.4. The molecule has 1 amide bonds. The van der Waals surface area contributed by atoms with E-state index in [0.717, 1.165) is 32.6 Å². The van der Waals surface area contributed by atoms with Gasteiger partial charge in [0.15, 0.2) is 0 Å². The fourth-order valence-corrected chi connectivity index (χ4v) is 3.66. The topological polar surface area (TPSA) is 112 Å². The van der Waals surface area contributed by atoms with Crippen LogP contribution in [-0.2, 0) is 4.79 Å². The van der Waals surface area contributed by atoms with Crippen molar-refractivity contribution in [3.8, 4) is 0 Å². The number of carboxylic acid groups (broad SMARTS) is 1. The average Bonchev–Trinajstić information content (AvgIpc) is 3.35. The van der Waals surface area contributed by atoms with Crippen molar-refractivity contribution >= 4 is 29.5 Å². The Morgan fingerprint density at radius 1 is 1.26 bits per heavy atom. The zero-order chi connectivity index (χ0) is 19.2. The fourth-order valence-electron chi connectivity index (χ4n) is 3.66. The number of hydrogen-bond acceptors (Lipinski definition) is 6. The van der Waals surface area contributed by atoms with Gasteiger partial charge in [0.1, 0.15) is 0 Å². The first-order chi connectivity index (χ1) is 13.1. The van der Waals surface area contributed by atoms with Crippen LogP contribution >= 0.6 is 0 Å². The Balaban J connectivity index is 1.64. The van der Waals surface area contributed by atoms with Gasteiger partial charge < -0.3 is 15.8 Å². The van der Waals surface area contributed by atoms with Crippen LogP contribution in [0.4, 0.5) is 5.69 Å². The molecule has 1 aromatic rings. The van der Waals surface area contributed by atoms with Crippen molar-refractivity contribution in [3.05, 3.63) is 29.8 Å². The molecule has 3 N–H and O–H groups in total. The number of carbonyl (C=O) groups is 2. The van der Waals surface area contributed by atoms with E-state index in [1.807, 2.05) is 4.90 Å². The number of carboxylic acids is 1. The number of hydrazone groups is 1. The molecule has 0 aliphatic carbocycles. The molecular weight excluding hydrogens is 346 g/mol. The van der Waals surface area contributed by atoms with E-state index in [4.69, 9.17) is 10.9 Å². The molecule has 8 nitrogen and oxygen atoms in total. The van der Waals surface area contributed by atoms with Gasteiger partial charge in [0.25, 0.3) is 5.91 Å². The number of aliphatic carboxylic acids is 1. The minimum atomic E-state index is -1.03. The van der Waals surface area contributed by atoms with Crippen LogP contribution in [0.3, 0.4) is 0 Å². The molecule has 2 fully saturated rings. The van der Waals surface area contributed by atoms with Gasteiger partial charge in [0.2, 0.25) is 0 Å². The molecule has 1 atom stereocenters. The van der Waals surface area contributed by atoms with Gasteiger partial charge in [-0.2, -0.15) is 5.10 Å². The number of amides is 1. The lowest BCUT2D eigenvalue weighted by molar-refractivity contribution is -0.135. The van der Waals surface area contributed by atoms with Crippen molar-refractivity contribution in [2.24, 2.45) is 15.9 Å². The van der Waals surface area contributed by atoms with E-state index in [1.54, 1.807) is 24.3 Å². The lowest BCUT2D eigenvalue weighted by atomic mass is 10.2. The normalized spacial score (nSPS) is 21.3. The SMILES string of the molecule is NN=C(C=Nc1cccc(C(=O)N2CCC(N3CCCC3)C2)c1)CC(=O)O. The van der Waals surface area contributed by atoms with E-state index in [2.05, 4.69) is 15.0 Å². The molecule has 0 saturated carbocycles. The summed E-state index contributed by atoms with van der Waals surface area (Å²) < 4.78 is 0. The van der Waals surface area contributed by atoms with E-state index >= 15 is 0 Å². The maximum atomic E-state index is 12.8. The molecule has 144 valence electrons. The van der Waals surface area contributed by atoms with E-state index in [-0.39, 0.29) is 18.0 Å². The quantitative estimate of drug-likeness (QED) is 0.447. The van der Waals surface area contributed by atoms with Gasteiger partial charge in [-0.15, -0.1) is 0 Å². The Morgan fingerprint density at radius 2 is 2.04 bits per heavy atom. The number of rotatable bonds is 6. The third-order valence-electron chi connectivity index (χ3n) is 5.06. The minimum absolute atomic E-state index is 0.00648. The summed E-state index contributed by atoms with van der Waals surface area (Å²) in [5, 5.41) is 12.2. The van der Waals surface area contributed by atoms with E-state index in [1.165, 1.54) is 19.1 Å². The van der Waals surface area contributed by atoms with Crippen LogP contribution in [0.5, 0.6) is 0 Å². The predicted octanol–water partition coefficient (Wildman–Crippen LogP) is 1.49. The molecule has 1 aromatic carbocycles. The molecule has 0 aromatic heterocycles. The number of benzene rings is 1. The van der Waals surface area contributed by atoms with Crippen LogP contribution in [0, 0.1) is 0 Å². The summed E-state index contributed by atoms with van der Waals surface area (Å²) in [6.07, 6.45) is 4.54. The highest BCUT2D eigenvalue weighted by Crippen LogP contribution is 2.23. The molecule has 0 bridgehead atoms. The highest BCUT2D eigenvalue weighted by molar-refractivity contribution is 6.34. The molecule has 2 aliphatic heterocycles. The van der Waals surface area contributed by atoms with Crippen molar-refractivity contribution in [1.82, 2.24) is 9.80 Å². The Kier molecular flexibility index (Phi) is 6.18. The standard InChI is InChI=1S/C19H25N5O3/c20-22-16(11-18(25)26)12-21-15-5-3-4-14(10-15)19(27)24-9-6-17(13-24)23-7-1-2-8-23/h3-5,10,12,17H,1-2,6-9,11,13,20H2,(H,25,26). The number of hydrogen-bond donors (Lipinski definition) is 2. The third-order valence-corrected chi connectivity index (χ3v) is 5.06. The zero-order valence-electron chi connectivity index (χ0n) is 15.3. The van der Waals surface area contributed by atoms with Gasteiger partial charge >= 0.3 is 5.97 Å². The lowest BCUT2D eigenvalue weighted by Crippen LogP contribution is -2.37. The van der Waals surface area contributed by atoms with Crippen LogP contribution in [0.2, 0.25) is 0 Å². The second-order valence-corrected chi connectivity index (χ2v) is 6.94. The lowest BCUT2D eigenvalue weighted by Gasteiger charge is -2.23. The third kappa shape index (κ3) is 4.91. The smallest absolute Gasteiger partial charge is 0.309 e. The first-order valence-corrected chi connectivity index (χ1v) is 9.23. The largest absolute Gasteiger partial charge is 0.481 e. The Morgan fingerprint density at radius 3 is 2.74 bits per heavy atom. The van der Waals surface area contributed by atoms with Crippen LogP contribution in [0.25, 0.3) is 0 Å². The van der Waals surface area contributed by atoms with E-state index in [0.29, 0.717) is 17.3 Å². The molecule has 27 heavy (non-hydrogen) atoms. The van der Waals surface area contributed by atoms with Crippen molar-refractivity contribution in [3.63, 3.8) is 0 Å². The fraction of sp³-hybridized carbons (Fsp3) is 0.474. The number of nitrogens with two attached hydrogens (primary N) is 1. The van der Waals surface area contributed by atoms with Crippen LogP contribution < -0.4 is 5.84 Å². The summed E-state index contributed by atoms with van der Waals surface area (Å²) in [5.74, 6) is 4.15. The van der Waals surface area contributed by atoms with Gasteiger partial charge in [0.05, 0.1) is 24.0 Å². The first kappa shape index (κ1) is 19.0. The van der Waals surface area contributed by atoms with Crippen LogP contribution in [0.1, 0.15) is 36.0 Å². The van der Waals surface area contributed by atoms with Crippen LogP contribution in [-0.4, -0.2) is 70.9 Å². The Hall–Kier alpha value is -2.74. The van der Waals surface area contributed by atoms with Crippen molar-refractivity contribution < 1.29 is 14.7 Å². The predicted molar refractivity (Wildman–Crippen MR) is 104 cm³/mol. The molecule has 2 heterocycles. The van der Waals surface area contributed by atoms with Gasteiger partial charge in [-0.25, -0.2) is 0 Å². The summed E-state index contributed by atoms with van der Waals surface area (Å²) >= 11 is 0. The zero-order valence-corrected chi connectivity index (χ0v) is 15.3. The van der Waals surface area contributed by atoms with Gasteiger partial charge in [0, 0.05) is 24.7 Å². The molecule has 1 unspecified atom stereocenters. The summed E-state index contributed by atoms with van der Waals surface area (Å²) in [6, 6.07) is 7.47. The van der Waals surface area contributed by atoms with E-state index in [9.17, 15) is 9.59 Å². The average molecular weight is 371 g/mol. The minimum Gasteiger partial charge on any atom is -0.481 e. The summed E-state index contributed by atoms with van der Waals surface area (Å²) in [4.78, 5) is 32.2. The molecule has 0 spiro atoms. The number of aliphatic imine (C=N–C) groups is 1. The molecule has 8 heteroatoms. The highest BCUT2D eigenvalue weighted by Gasteiger charge is 2.31. The Labute approximate surface area is 158 Å². The van der Waals surface area contributed by atoms with Crippen molar-refractivity contribution in [2.45, 2.75) is 31.7 Å². The molecule has 2 saturated heterocycles. The maximum Gasteiger partial charge on any atom is 0.309 e. The number of nitrogens with zero attached hydrogens (tertiary/aromatic N) is 4. The van der Waals surface area contributed by atoms with Crippen molar-refractivity contribution in [1.29, 1.82) is 0 Å². The number of carbonyl (C=O) groups excluding carboxylic acids is 1.